The molecule has 3 nitrogen and oxygen atoms in total. The molecule has 0 aliphatic rings. The van der Waals surface area contributed by atoms with Crippen molar-refractivity contribution in [3.8, 4) is 5.75 Å². The summed E-state index contributed by atoms with van der Waals surface area (Å²) < 4.78 is 6.52. The Labute approximate surface area is 138 Å². The van der Waals surface area contributed by atoms with Crippen LogP contribution in [0.1, 0.15) is 17.2 Å². The SMILES string of the molecule is COc1ccc(C)cc1C(CSc1cccc(Br)c1)NN. The Bertz CT molecular complexity index is 607. The Morgan fingerprint density at radius 1 is 1.29 bits per heavy atom. The fraction of sp³-hybridized carbons (Fsp3) is 0.250. The summed E-state index contributed by atoms with van der Waals surface area (Å²) in [5.74, 6) is 7.43. The van der Waals surface area contributed by atoms with Crippen LogP contribution in [0.3, 0.4) is 0 Å². The highest BCUT2D eigenvalue weighted by molar-refractivity contribution is 9.10. The predicted molar refractivity (Wildman–Crippen MR) is 92.7 cm³/mol. The minimum absolute atomic E-state index is 0.0313. The maximum Gasteiger partial charge on any atom is 0.123 e. The molecule has 0 saturated carbocycles. The lowest BCUT2D eigenvalue weighted by atomic mass is 10.0. The van der Waals surface area contributed by atoms with Crippen molar-refractivity contribution in [3.05, 3.63) is 58.1 Å². The van der Waals surface area contributed by atoms with Crippen LogP contribution in [0.4, 0.5) is 0 Å². The molecule has 0 amide bonds. The highest BCUT2D eigenvalue weighted by Crippen LogP contribution is 2.31. The number of hydrazine groups is 1. The Balaban J connectivity index is 2.15. The van der Waals surface area contributed by atoms with E-state index in [0.717, 1.165) is 21.5 Å². The number of nitrogens with two attached hydrogens (primary N) is 1. The third-order valence-corrected chi connectivity index (χ3v) is 4.76. The first-order chi connectivity index (χ1) is 10.1. The van der Waals surface area contributed by atoms with Crippen molar-refractivity contribution in [1.29, 1.82) is 0 Å². The highest BCUT2D eigenvalue weighted by atomic mass is 79.9. The lowest BCUT2D eigenvalue weighted by molar-refractivity contribution is 0.402. The molecule has 2 aromatic carbocycles. The molecular formula is C16H19BrN2OS. The fourth-order valence-electron chi connectivity index (χ4n) is 2.09. The van der Waals surface area contributed by atoms with Gasteiger partial charge in [-0.1, -0.05) is 39.7 Å². The van der Waals surface area contributed by atoms with E-state index in [9.17, 15) is 0 Å². The average Bonchev–Trinajstić information content (AvgIpc) is 2.48. The summed E-state index contributed by atoms with van der Waals surface area (Å²) in [5.41, 5.74) is 5.17. The molecule has 0 radical (unpaired) electrons. The van der Waals surface area contributed by atoms with Gasteiger partial charge < -0.3 is 4.74 Å². The average molecular weight is 367 g/mol. The second-order valence-corrected chi connectivity index (χ2v) is 6.74. The third kappa shape index (κ3) is 4.48. The first-order valence-corrected chi connectivity index (χ1v) is 8.41. The first kappa shape index (κ1) is 16.4. The summed E-state index contributed by atoms with van der Waals surface area (Å²) in [6, 6.07) is 14.4. The summed E-state index contributed by atoms with van der Waals surface area (Å²) in [4.78, 5) is 1.20. The topological polar surface area (TPSA) is 47.3 Å². The second-order valence-electron chi connectivity index (χ2n) is 4.73. The van der Waals surface area contributed by atoms with E-state index in [-0.39, 0.29) is 6.04 Å². The minimum atomic E-state index is 0.0313. The number of aryl methyl sites for hydroxylation is 1. The molecule has 0 aliphatic heterocycles. The smallest absolute Gasteiger partial charge is 0.123 e. The highest BCUT2D eigenvalue weighted by Gasteiger charge is 2.15. The molecule has 2 aromatic rings. The van der Waals surface area contributed by atoms with Crippen molar-refractivity contribution in [1.82, 2.24) is 5.43 Å². The quantitative estimate of drug-likeness (QED) is 0.459. The van der Waals surface area contributed by atoms with Gasteiger partial charge in [-0.15, -0.1) is 11.8 Å². The minimum Gasteiger partial charge on any atom is -0.496 e. The molecule has 0 saturated heterocycles. The zero-order valence-electron chi connectivity index (χ0n) is 12.1. The van der Waals surface area contributed by atoms with Crippen LogP contribution >= 0.6 is 27.7 Å². The summed E-state index contributed by atoms with van der Waals surface area (Å²) in [7, 11) is 1.68. The van der Waals surface area contributed by atoms with Gasteiger partial charge >= 0.3 is 0 Å². The Morgan fingerprint density at radius 3 is 2.76 bits per heavy atom. The molecule has 0 spiro atoms. The van der Waals surface area contributed by atoms with Crippen LogP contribution in [0.15, 0.2) is 51.8 Å². The maximum absolute atomic E-state index is 5.74. The van der Waals surface area contributed by atoms with E-state index in [0.29, 0.717) is 0 Å². The van der Waals surface area contributed by atoms with Crippen LogP contribution < -0.4 is 16.0 Å². The van der Waals surface area contributed by atoms with Crippen molar-refractivity contribution in [2.45, 2.75) is 17.9 Å². The van der Waals surface area contributed by atoms with Crippen molar-refractivity contribution in [2.75, 3.05) is 12.9 Å². The van der Waals surface area contributed by atoms with Gasteiger partial charge in [0.15, 0.2) is 0 Å². The number of nitrogens with one attached hydrogen (secondary N) is 1. The number of ether oxygens (including phenoxy) is 1. The lowest BCUT2D eigenvalue weighted by Gasteiger charge is -2.19. The van der Waals surface area contributed by atoms with Crippen LogP contribution in [0, 0.1) is 6.92 Å². The predicted octanol–water partition coefficient (Wildman–Crippen LogP) is 4.06. The number of thioether (sulfide) groups is 1. The lowest BCUT2D eigenvalue weighted by Crippen LogP contribution is -2.30. The van der Waals surface area contributed by atoms with E-state index in [1.54, 1.807) is 18.9 Å². The fourth-order valence-corrected chi connectivity index (χ4v) is 3.66. The van der Waals surface area contributed by atoms with Gasteiger partial charge in [-0.05, 0) is 31.2 Å². The number of hydrogen-bond acceptors (Lipinski definition) is 4. The van der Waals surface area contributed by atoms with E-state index in [4.69, 9.17) is 10.6 Å². The van der Waals surface area contributed by atoms with Crippen molar-refractivity contribution >= 4 is 27.7 Å². The van der Waals surface area contributed by atoms with Gasteiger partial charge in [-0.2, -0.15) is 0 Å². The van der Waals surface area contributed by atoms with Crippen LogP contribution in [0.2, 0.25) is 0 Å². The number of halogens is 1. The Kier molecular flexibility index (Phi) is 6.11. The van der Waals surface area contributed by atoms with Crippen molar-refractivity contribution < 1.29 is 4.74 Å². The van der Waals surface area contributed by atoms with E-state index >= 15 is 0 Å². The Hall–Kier alpha value is -1.01. The molecule has 3 N–H and O–H groups in total. The number of methoxy groups -OCH3 is 1. The summed E-state index contributed by atoms with van der Waals surface area (Å²) in [6.45, 7) is 2.07. The van der Waals surface area contributed by atoms with Crippen LogP contribution in [0.25, 0.3) is 0 Å². The molecule has 1 atom stereocenters. The Morgan fingerprint density at radius 2 is 2.10 bits per heavy atom. The summed E-state index contributed by atoms with van der Waals surface area (Å²) in [6.07, 6.45) is 0. The molecular weight excluding hydrogens is 348 g/mol. The van der Waals surface area contributed by atoms with Crippen LogP contribution in [0.5, 0.6) is 5.75 Å². The largest absolute Gasteiger partial charge is 0.496 e. The van der Waals surface area contributed by atoms with Crippen molar-refractivity contribution in [3.63, 3.8) is 0 Å². The molecule has 0 aliphatic carbocycles. The molecule has 0 heterocycles. The summed E-state index contributed by atoms with van der Waals surface area (Å²) >= 11 is 5.25. The number of hydrogen-bond donors (Lipinski definition) is 2. The monoisotopic (exact) mass is 366 g/mol. The van der Waals surface area contributed by atoms with Gasteiger partial charge in [0.1, 0.15) is 5.75 Å². The molecule has 1 unspecified atom stereocenters. The zero-order chi connectivity index (χ0) is 15.2. The molecule has 112 valence electrons. The van der Waals surface area contributed by atoms with E-state index in [1.807, 2.05) is 24.3 Å². The number of rotatable bonds is 6. The van der Waals surface area contributed by atoms with Gasteiger partial charge in [-0.25, -0.2) is 0 Å². The van der Waals surface area contributed by atoms with E-state index in [2.05, 4.69) is 46.5 Å². The van der Waals surface area contributed by atoms with Crippen LogP contribution in [-0.2, 0) is 0 Å². The normalized spacial score (nSPS) is 12.2. The van der Waals surface area contributed by atoms with E-state index in [1.165, 1.54) is 10.5 Å². The molecule has 0 fully saturated rings. The molecule has 0 aromatic heterocycles. The van der Waals surface area contributed by atoms with Gasteiger partial charge in [0.25, 0.3) is 0 Å². The molecule has 5 heteroatoms. The van der Waals surface area contributed by atoms with E-state index < -0.39 is 0 Å². The standard InChI is InChI=1S/C16H19BrN2OS/c1-11-6-7-16(20-2)14(8-11)15(19-18)10-21-13-5-3-4-12(17)9-13/h3-9,15,19H,10,18H2,1-2H3. The van der Waals surface area contributed by atoms with Crippen LogP contribution in [-0.4, -0.2) is 12.9 Å². The number of benzene rings is 2. The van der Waals surface area contributed by atoms with Gasteiger partial charge in [0.2, 0.25) is 0 Å². The first-order valence-electron chi connectivity index (χ1n) is 6.63. The summed E-state index contributed by atoms with van der Waals surface area (Å²) in [5, 5.41) is 0. The molecule has 0 bridgehead atoms. The zero-order valence-corrected chi connectivity index (χ0v) is 14.5. The van der Waals surface area contributed by atoms with Gasteiger partial charge in [0.05, 0.1) is 13.2 Å². The van der Waals surface area contributed by atoms with Crippen molar-refractivity contribution in [2.24, 2.45) is 5.84 Å². The van der Waals surface area contributed by atoms with Gasteiger partial charge in [-0.3, -0.25) is 11.3 Å². The van der Waals surface area contributed by atoms with Gasteiger partial charge in [0, 0.05) is 20.7 Å². The molecule has 2 rings (SSSR count). The maximum atomic E-state index is 5.74. The third-order valence-electron chi connectivity index (χ3n) is 3.17. The molecule has 21 heavy (non-hydrogen) atoms. The second kappa shape index (κ2) is 7.84.